The van der Waals surface area contributed by atoms with Crippen LogP contribution in [0, 0.1) is 12.7 Å². The van der Waals surface area contributed by atoms with Crippen LogP contribution in [0.2, 0.25) is 0 Å². The molecule has 2 aromatic rings. The smallest absolute Gasteiger partial charge is 0.337 e. The van der Waals surface area contributed by atoms with Gasteiger partial charge >= 0.3 is 5.97 Å². The number of para-hydroxylation sites is 1. The van der Waals surface area contributed by atoms with Gasteiger partial charge in [0.2, 0.25) is 0 Å². The van der Waals surface area contributed by atoms with Gasteiger partial charge in [0.05, 0.1) is 11.3 Å². The van der Waals surface area contributed by atoms with Crippen LogP contribution in [0.5, 0.6) is 0 Å². The van der Waals surface area contributed by atoms with E-state index < -0.39 is 17.7 Å². The molecule has 4 nitrogen and oxygen atoms in total. The summed E-state index contributed by atoms with van der Waals surface area (Å²) in [6, 6.07) is 8.63. The second-order valence-corrected chi connectivity index (χ2v) is 5.19. The molecule has 0 aromatic heterocycles. The summed E-state index contributed by atoms with van der Waals surface area (Å²) < 4.78 is 14.5. The van der Waals surface area contributed by atoms with Crippen molar-refractivity contribution < 1.29 is 19.1 Å². The summed E-state index contributed by atoms with van der Waals surface area (Å²) in [6.07, 6.45) is 0. The standard InChI is InChI=1S/C15H11BrFNO3/c1-8-9(4-2-6-11(8)16)14(19)18-13-10(15(20)21)5-3-7-12(13)17/h2-7H,1H3,(H,18,19)(H,20,21). The number of nitrogens with one attached hydrogen (secondary N) is 1. The van der Waals surface area contributed by atoms with Crippen LogP contribution in [0.15, 0.2) is 40.9 Å². The molecule has 0 unspecified atom stereocenters. The van der Waals surface area contributed by atoms with Crippen molar-refractivity contribution in [2.75, 3.05) is 5.32 Å². The Morgan fingerprint density at radius 2 is 1.76 bits per heavy atom. The minimum absolute atomic E-state index is 0.295. The van der Waals surface area contributed by atoms with E-state index >= 15 is 0 Å². The van der Waals surface area contributed by atoms with Crippen LogP contribution in [0.4, 0.5) is 10.1 Å². The molecule has 2 aromatic carbocycles. The maximum absolute atomic E-state index is 13.8. The Labute approximate surface area is 128 Å². The molecule has 2 rings (SSSR count). The fourth-order valence-corrected chi connectivity index (χ4v) is 2.23. The molecule has 0 saturated heterocycles. The van der Waals surface area contributed by atoms with Crippen LogP contribution >= 0.6 is 15.9 Å². The number of carboxylic acid groups (broad SMARTS) is 1. The van der Waals surface area contributed by atoms with E-state index in [9.17, 15) is 14.0 Å². The van der Waals surface area contributed by atoms with E-state index in [2.05, 4.69) is 21.2 Å². The van der Waals surface area contributed by atoms with Gasteiger partial charge in [-0.15, -0.1) is 0 Å². The lowest BCUT2D eigenvalue weighted by molar-refractivity contribution is 0.0697. The summed E-state index contributed by atoms with van der Waals surface area (Å²) in [5.74, 6) is -2.67. The third-order valence-corrected chi connectivity index (χ3v) is 3.85. The molecule has 2 N–H and O–H groups in total. The first-order valence-corrected chi connectivity index (χ1v) is 6.79. The molecule has 0 aliphatic carbocycles. The first-order valence-electron chi connectivity index (χ1n) is 6.00. The summed E-state index contributed by atoms with van der Waals surface area (Å²) in [5.41, 5.74) is 0.387. The minimum Gasteiger partial charge on any atom is -0.478 e. The first-order chi connectivity index (χ1) is 9.91. The number of benzene rings is 2. The van der Waals surface area contributed by atoms with Gasteiger partial charge < -0.3 is 10.4 Å². The average Bonchev–Trinajstić information content (AvgIpc) is 2.43. The maximum atomic E-state index is 13.8. The lowest BCUT2D eigenvalue weighted by Gasteiger charge is -2.11. The number of rotatable bonds is 3. The number of carbonyl (C=O) groups excluding carboxylic acids is 1. The molecule has 0 atom stereocenters. The van der Waals surface area contributed by atoms with E-state index in [1.165, 1.54) is 12.1 Å². The fraction of sp³-hybridized carbons (Fsp3) is 0.0667. The monoisotopic (exact) mass is 351 g/mol. The summed E-state index contributed by atoms with van der Waals surface area (Å²) in [5, 5.41) is 11.4. The van der Waals surface area contributed by atoms with Gasteiger partial charge in [-0.25, -0.2) is 9.18 Å². The molecule has 0 aliphatic rings. The number of hydrogen-bond acceptors (Lipinski definition) is 2. The summed E-state index contributed by atoms with van der Waals surface area (Å²) in [6.45, 7) is 1.73. The third-order valence-electron chi connectivity index (χ3n) is 2.99. The molecular weight excluding hydrogens is 341 g/mol. The zero-order valence-corrected chi connectivity index (χ0v) is 12.6. The van der Waals surface area contributed by atoms with E-state index in [1.54, 1.807) is 25.1 Å². The van der Waals surface area contributed by atoms with Crippen molar-refractivity contribution in [2.24, 2.45) is 0 Å². The molecule has 0 saturated carbocycles. The van der Waals surface area contributed by atoms with Crippen molar-refractivity contribution in [3.63, 3.8) is 0 Å². The zero-order chi connectivity index (χ0) is 15.6. The SMILES string of the molecule is Cc1c(Br)cccc1C(=O)Nc1c(F)cccc1C(=O)O. The highest BCUT2D eigenvalue weighted by Crippen LogP contribution is 2.23. The molecule has 0 fully saturated rings. The predicted octanol–water partition coefficient (Wildman–Crippen LogP) is 3.85. The van der Waals surface area contributed by atoms with E-state index in [0.29, 0.717) is 11.1 Å². The topological polar surface area (TPSA) is 66.4 Å². The number of amides is 1. The molecule has 0 spiro atoms. The number of halogens is 2. The van der Waals surface area contributed by atoms with Gasteiger partial charge in [0.1, 0.15) is 5.82 Å². The molecule has 1 amide bonds. The molecule has 108 valence electrons. The van der Waals surface area contributed by atoms with Crippen molar-refractivity contribution in [3.05, 3.63) is 63.4 Å². The van der Waals surface area contributed by atoms with E-state index in [-0.39, 0.29) is 11.3 Å². The van der Waals surface area contributed by atoms with Crippen LogP contribution in [0.25, 0.3) is 0 Å². The number of aromatic carboxylic acids is 1. The molecule has 0 aliphatic heterocycles. The van der Waals surface area contributed by atoms with Crippen LogP contribution in [-0.2, 0) is 0 Å². The second-order valence-electron chi connectivity index (χ2n) is 4.33. The van der Waals surface area contributed by atoms with Gasteiger partial charge in [-0.05, 0) is 36.8 Å². The lowest BCUT2D eigenvalue weighted by Crippen LogP contribution is -2.17. The Hall–Kier alpha value is -2.21. The zero-order valence-electron chi connectivity index (χ0n) is 11.0. The average molecular weight is 352 g/mol. The fourth-order valence-electron chi connectivity index (χ4n) is 1.86. The van der Waals surface area contributed by atoms with Gasteiger partial charge in [0, 0.05) is 10.0 Å². The van der Waals surface area contributed by atoms with Crippen molar-refractivity contribution in [1.29, 1.82) is 0 Å². The van der Waals surface area contributed by atoms with Gasteiger partial charge in [-0.2, -0.15) is 0 Å². The van der Waals surface area contributed by atoms with Crippen molar-refractivity contribution >= 4 is 33.5 Å². The molecular formula is C15H11BrFNO3. The summed E-state index contributed by atoms with van der Waals surface area (Å²) in [7, 11) is 0. The van der Waals surface area contributed by atoms with Crippen molar-refractivity contribution in [3.8, 4) is 0 Å². The number of carbonyl (C=O) groups is 2. The molecule has 0 radical (unpaired) electrons. The Morgan fingerprint density at radius 1 is 1.14 bits per heavy atom. The lowest BCUT2D eigenvalue weighted by atomic mass is 10.1. The van der Waals surface area contributed by atoms with E-state index in [1.807, 2.05) is 0 Å². The van der Waals surface area contributed by atoms with Gasteiger partial charge in [-0.1, -0.05) is 28.1 Å². The van der Waals surface area contributed by atoms with Crippen molar-refractivity contribution in [1.82, 2.24) is 0 Å². The van der Waals surface area contributed by atoms with Gasteiger partial charge in [-0.3, -0.25) is 4.79 Å². The Morgan fingerprint density at radius 3 is 2.43 bits per heavy atom. The summed E-state index contributed by atoms with van der Waals surface area (Å²) >= 11 is 3.30. The Balaban J connectivity index is 2.41. The van der Waals surface area contributed by atoms with Crippen LogP contribution in [-0.4, -0.2) is 17.0 Å². The van der Waals surface area contributed by atoms with E-state index in [4.69, 9.17) is 5.11 Å². The highest BCUT2D eigenvalue weighted by Gasteiger charge is 2.18. The van der Waals surface area contributed by atoms with Gasteiger partial charge in [0.25, 0.3) is 5.91 Å². The maximum Gasteiger partial charge on any atom is 0.337 e. The molecule has 6 heteroatoms. The molecule has 21 heavy (non-hydrogen) atoms. The number of anilines is 1. The Kier molecular flexibility index (Phi) is 4.37. The second kappa shape index (κ2) is 6.05. The molecule has 0 heterocycles. The highest BCUT2D eigenvalue weighted by molar-refractivity contribution is 9.10. The predicted molar refractivity (Wildman–Crippen MR) is 80.2 cm³/mol. The molecule has 0 bridgehead atoms. The third kappa shape index (κ3) is 3.11. The van der Waals surface area contributed by atoms with Crippen LogP contribution in [0.3, 0.4) is 0 Å². The quantitative estimate of drug-likeness (QED) is 0.882. The number of hydrogen-bond donors (Lipinski definition) is 2. The normalized spacial score (nSPS) is 10.2. The van der Waals surface area contributed by atoms with Crippen LogP contribution < -0.4 is 5.32 Å². The number of carboxylic acids is 1. The van der Waals surface area contributed by atoms with Crippen molar-refractivity contribution in [2.45, 2.75) is 6.92 Å². The van der Waals surface area contributed by atoms with Gasteiger partial charge in [0.15, 0.2) is 0 Å². The summed E-state index contributed by atoms with van der Waals surface area (Å²) in [4.78, 5) is 23.3. The van der Waals surface area contributed by atoms with Crippen LogP contribution in [0.1, 0.15) is 26.3 Å². The largest absolute Gasteiger partial charge is 0.478 e. The van der Waals surface area contributed by atoms with E-state index in [0.717, 1.165) is 10.5 Å². The Bertz CT molecular complexity index is 731. The first kappa shape index (κ1) is 15.2. The highest BCUT2D eigenvalue weighted by atomic mass is 79.9. The minimum atomic E-state index is -1.31.